The molecule has 18 heavy (non-hydrogen) atoms. The van der Waals surface area contributed by atoms with E-state index >= 15 is 0 Å². The first-order valence-electron chi connectivity index (χ1n) is 6.01. The van der Waals surface area contributed by atoms with Crippen molar-refractivity contribution in [1.29, 1.82) is 5.41 Å². The summed E-state index contributed by atoms with van der Waals surface area (Å²) in [7, 11) is 1.73. The second-order valence-electron chi connectivity index (χ2n) is 4.82. The van der Waals surface area contributed by atoms with Gasteiger partial charge in [-0.2, -0.15) is 0 Å². The topological polar surface area (TPSA) is 88.1 Å². The molecule has 1 aliphatic rings. The van der Waals surface area contributed by atoms with E-state index in [9.17, 15) is 0 Å². The minimum Gasteiger partial charge on any atom is -0.382 e. The molecular weight excluding hydrogens is 230 g/mol. The second-order valence-corrected chi connectivity index (χ2v) is 4.82. The number of anilines is 1. The first-order valence-corrected chi connectivity index (χ1v) is 6.01. The van der Waals surface area contributed by atoms with E-state index in [1.807, 2.05) is 0 Å². The maximum absolute atomic E-state index is 7.56. The predicted molar refractivity (Wildman–Crippen MR) is 69.9 cm³/mol. The predicted octanol–water partition coefficient (Wildman–Crippen LogP) is 0.766. The summed E-state index contributed by atoms with van der Waals surface area (Å²) in [5.41, 5.74) is 5.81. The van der Waals surface area contributed by atoms with E-state index in [1.54, 1.807) is 19.5 Å². The molecule has 6 nitrogen and oxygen atoms in total. The lowest BCUT2D eigenvalue weighted by molar-refractivity contribution is -0.00483. The number of nitrogens with two attached hydrogens (primary N) is 1. The number of methoxy groups -OCH3 is 1. The van der Waals surface area contributed by atoms with E-state index < -0.39 is 0 Å². The number of nitrogens with zero attached hydrogens (tertiary/aromatic N) is 3. The number of nitrogens with one attached hydrogen (secondary N) is 1. The summed E-state index contributed by atoms with van der Waals surface area (Å²) in [4.78, 5) is 10.5. The fourth-order valence-electron chi connectivity index (χ4n) is 2.31. The number of ether oxygens (including phenoxy) is 1. The Morgan fingerprint density at radius 3 is 2.89 bits per heavy atom. The van der Waals surface area contributed by atoms with Crippen LogP contribution in [0.25, 0.3) is 0 Å². The minimum absolute atomic E-state index is 0.0530. The van der Waals surface area contributed by atoms with E-state index in [2.05, 4.69) is 21.8 Å². The van der Waals surface area contributed by atoms with E-state index in [0.29, 0.717) is 11.5 Å². The highest BCUT2D eigenvalue weighted by Crippen LogP contribution is 2.27. The molecule has 0 spiro atoms. The summed E-state index contributed by atoms with van der Waals surface area (Å²) in [6.45, 7) is 3.71. The van der Waals surface area contributed by atoms with Crippen LogP contribution in [0.3, 0.4) is 0 Å². The molecule has 0 amide bonds. The zero-order valence-corrected chi connectivity index (χ0v) is 10.8. The fraction of sp³-hybridized carbons (Fsp3) is 0.583. The van der Waals surface area contributed by atoms with Gasteiger partial charge in [0.15, 0.2) is 5.82 Å². The van der Waals surface area contributed by atoms with Gasteiger partial charge in [-0.3, -0.25) is 5.41 Å². The zero-order chi connectivity index (χ0) is 13.2. The number of piperidine rings is 1. The average Bonchev–Trinajstić information content (AvgIpc) is 2.39. The van der Waals surface area contributed by atoms with Crippen molar-refractivity contribution in [3.05, 3.63) is 18.1 Å². The maximum Gasteiger partial charge on any atom is 0.158 e. The van der Waals surface area contributed by atoms with Crippen LogP contribution in [0.2, 0.25) is 0 Å². The molecule has 0 saturated carbocycles. The molecule has 6 heteroatoms. The number of aromatic nitrogens is 2. The Morgan fingerprint density at radius 2 is 2.22 bits per heavy atom. The Labute approximate surface area is 107 Å². The van der Waals surface area contributed by atoms with Crippen molar-refractivity contribution in [2.75, 3.05) is 25.1 Å². The third kappa shape index (κ3) is 2.43. The van der Waals surface area contributed by atoms with Gasteiger partial charge in [0.25, 0.3) is 0 Å². The summed E-state index contributed by atoms with van der Waals surface area (Å²) < 4.78 is 5.56. The molecule has 98 valence electrons. The van der Waals surface area contributed by atoms with Crippen molar-refractivity contribution in [3.8, 4) is 0 Å². The third-order valence-electron chi connectivity index (χ3n) is 3.39. The highest BCUT2D eigenvalue weighted by Gasteiger charge is 2.32. The summed E-state index contributed by atoms with van der Waals surface area (Å²) in [5, 5.41) is 7.56. The number of amidine groups is 1. The highest BCUT2D eigenvalue weighted by molar-refractivity contribution is 5.97. The summed E-state index contributed by atoms with van der Waals surface area (Å²) in [6, 6.07) is 0. The van der Waals surface area contributed by atoms with Crippen LogP contribution in [0.5, 0.6) is 0 Å². The van der Waals surface area contributed by atoms with Crippen molar-refractivity contribution < 1.29 is 4.74 Å². The Hall–Kier alpha value is -1.69. The lowest BCUT2D eigenvalue weighted by atomic mass is 9.94. The van der Waals surface area contributed by atoms with Crippen molar-refractivity contribution in [1.82, 2.24) is 9.97 Å². The van der Waals surface area contributed by atoms with Crippen LogP contribution in [0, 0.1) is 5.41 Å². The first kappa shape index (κ1) is 12.8. The molecule has 1 aromatic rings. The number of hydrogen-bond acceptors (Lipinski definition) is 5. The SMILES string of the molecule is COC1(C)CCCN(c2nccnc2C(=N)N)C1. The molecule has 1 atom stereocenters. The summed E-state index contributed by atoms with van der Waals surface area (Å²) >= 11 is 0. The van der Waals surface area contributed by atoms with Gasteiger partial charge < -0.3 is 15.4 Å². The first-order chi connectivity index (χ1) is 8.56. The van der Waals surface area contributed by atoms with Crippen LogP contribution in [0.15, 0.2) is 12.4 Å². The van der Waals surface area contributed by atoms with E-state index in [-0.39, 0.29) is 11.4 Å². The Kier molecular flexibility index (Phi) is 3.47. The average molecular weight is 249 g/mol. The monoisotopic (exact) mass is 249 g/mol. The lowest BCUT2D eigenvalue weighted by Crippen LogP contribution is -2.48. The van der Waals surface area contributed by atoms with Crippen LogP contribution >= 0.6 is 0 Å². The maximum atomic E-state index is 7.56. The molecule has 1 saturated heterocycles. The normalized spacial score (nSPS) is 24.0. The van der Waals surface area contributed by atoms with Crippen molar-refractivity contribution in [2.45, 2.75) is 25.4 Å². The summed E-state index contributed by atoms with van der Waals surface area (Å²) in [6.07, 6.45) is 5.23. The Morgan fingerprint density at radius 1 is 1.50 bits per heavy atom. The van der Waals surface area contributed by atoms with E-state index in [0.717, 1.165) is 25.9 Å². The third-order valence-corrected chi connectivity index (χ3v) is 3.39. The molecular formula is C12H19N5O. The largest absolute Gasteiger partial charge is 0.382 e. The standard InChI is InChI=1S/C12H19N5O/c1-12(18-2)4-3-7-17(8-12)11-9(10(13)14)15-5-6-16-11/h5-6H,3-4,7-8H2,1-2H3,(H3,13,14). The highest BCUT2D eigenvalue weighted by atomic mass is 16.5. The lowest BCUT2D eigenvalue weighted by Gasteiger charge is -2.40. The van der Waals surface area contributed by atoms with E-state index in [4.69, 9.17) is 15.9 Å². The Bertz CT molecular complexity index is 450. The van der Waals surface area contributed by atoms with Crippen molar-refractivity contribution >= 4 is 11.7 Å². The van der Waals surface area contributed by atoms with Crippen molar-refractivity contribution in [3.63, 3.8) is 0 Å². The van der Waals surface area contributed by atoms with Crippen LogP contribution in [-0.4, -0.2) is 41.6 Å². The molecule has 0 bridgehead atoms. The van der Waals surface area contributed by atoms with Gasteiger partial charge in [0.05, 0.1) is 5.60 Å². The number of rotatable bonds is 3. The van der Waals surface area contributed by atoms with Gasteiger partial charge in [-0.15, -0.1) is 0 Å². The fourth-order valence-corrected chi connectivity index (χ4v) is 2.31. The molecule has 1 aromatic heterocycles. The van der Waals surface area contributed by atoms with Crippen LogP contribution < -0.4 is 10.6 Å². The molecule has 1 unspecified atom stereocenters. The van der Waals surface area contributed by atoms with Gasteiger partial charge in [0, 0.05) is 32.6 Å². The smallest absolute Gasteiger partial charge is 0.158 e. The van der Waals surface area contributed by atoms with Crippen molar-refractivity contribution in [2.24, 2.45) is 5.73 Å². The van der Waals surface area contributed by atoms with Gasteiger partial charge in [0.1, 0.15) is 11.5 Å². The Balaban J connectivity index is 2.29. The quantitative estimate of drug-likeness (QED) is 0.610. The van der Waals surface area contributed by atoms with Gasteiger partial charge in [0.2, 0.25) is 0 Å². The molecule has 0 radical (unpaired) electrons. The molecule has 1 aliphatic heterocycles. The second kappa shape index (κ2) is 4.89. The van der Waals surface area contributed by atoms with Crippen LogP contribution in [0.4, 0.5) is 5.82 Å². The molecule has 1 fully saturated rings. The van der Waals surface area contributed by atoms with Gasteiger partial charge in [-0.05, 0) is 19.8 Å². The molecule has 3 N–H and O–H groups in total. The van der Waals surface area contributed by atoms with Gasteiger partial charge in [-0.1, -0.05) is 0 Å². The molecule has 2 rings (SSSR count). The van der Waals surface area contributed by atoms with Gasteiger partial charge in [-0.25, -0.2) is 9.97 Å². The van der Waals surface area contributed by atoms with Gasteiger partial charge >= 0.3 is 0 Å². The van der Waals surface area contributed by atoms with Crippen LogP contribution in [0.1, 0.15) is 25.5 Å². The minimum atomic E-state index is -0.177. The van der Waals surface area contributed by atoms with E-state index in [1.165, 1.54) is 0 Å². The molecule has 2 heterocycles. The van der Waals surface area contributed by atoms with Crippen LogP contribution in [-0.2, 0) is 4.74 Å². The number of hydrogen-bond donors (Lipinski definition) is 2. The molecule has 0 aliphatic carbocycles. The molecule has 0 aromatic carbocycles. The zero-order valence-electron chi connectivity index (χ0n) is 10.8. The number of nitrogen functional groups attached to an aromatic ring is 1. The summed E-state index contributed by atoms with van der Waals surface area (Å²) in [5.74, 6) is 0.621.